The van der Waals surface area contributed by atoms with E-state index in [0.717, 1.165) is 22.5 Å². The summed E-state index contributed by atoms with van der Waals surface area (Å²) in [5, 5.41) is 6.66. The molecule has 4 aromatic rings. The number of fused-ring (bicyclic) bond motifs is 1. The highest BCUT2D eigenvalue weighted by Gasteiger charge is 2.24. The number of carbonyl (C=O) groups is 1. The molecule has 1 fully saturated rings. The number of amides is 1. The monoisotopic (exact) mass is 496 g/mol. The fourth-order valence-electron chi connectivity index (χ4n) is 3.99. The summed E-state index contributed by atoms with van der Waals surface area (Å²) in [5.74, 6) is 1.39. The molecule has 0 saturated carbocycles. The number of aromatic nitrogens is 4. The molecule has 1 saturated heterocycles. The molecule has 0 unspecified atom stereocenters. The summed E-state index contributed by atoms with van der Waals surface area (Å²) in [5.41, 5.74) is 2.45. The number of piperazine rings is 1. The summed E-state index contributed by atoms with van der Waals surface area (Å²) in [7, 11) is 0. The van der Waals surface area contributed by atoms with Crippen LogP contribution in [0.3, 0.4) is 0 Å². The van der Waals surface area contributed by atoms with Gasteiger partial charge in [-0.1, -0.05) is 29.3 Å². The fourth-order valence-corrected chi connectivity index (χ4v) is 4.29. The minimum Gasteiger partial charge on any atom is -0.484 e. The van der Waals surface area contributed by atoms with Crippen molar-refractivity contribution in [1.82, 2.24) is 24.6 Å². The van der Waals surface area contributed by atoms with E-state index in [4.69, 9.17) is 27.9 Å². The number of anilines is 1. The molecule has 1 aliphatic heterocycles. The van der Waals surface area contributed by atoms with E-state index in [1.165, 1.54) is 0 Å². The zero-order valence-corrected chi connectivity index (χ0v) is 20.0. The van der Waals surface area contributed by atoms with E-state index < -0.39 is 0 Å². The normalized spacial score (nSPS) is 14.0. The van der Waals surface area contributed by atoms with Gasteiger partial charge >= 0.3 is 0 Å². The second kappa shape index (κ2) is 9.48. The average molecular weight is 497 g/mol. The van der Waals surface area contributed by atoms with Crippen molar-refractivity contribution in [2.24, 2.45) is 0 Å². The van der Waals surface area contributed by atoms with Crippen molar-refractivity contribution in [3.8, 4) is 11.4 Å². The third kappa shape index (κ3) is 4.51. The van der Waals surface area contributed by atoms with Crippen LogP contribution in [0.2, 0.25) is 10.0 Å². The molecule has 5 rings (SSSR count). The number of aryl methyl sites for hydroxylation is 1. The Morgan fingerprint density at radius 1 is 1.06 bits per heavy atom. The van der Waals surface area contributed by atoms with Crippen molar-refractivity contribution >= 4 is 46.0 Å². The second-order valence-corrected chi connectivity index (χ2v) is 8.88. The van der Waals surface area contributed by atoms with Crippen molar-refractivity contribution in [2.75, 3.05) is 37.7 Å². The maximum Gasteiger partial charge on any atom is 0.260 e. The van der Waals surface area contributed by atoms with Crippen LogP contribution in [0.1, 0.15) is 5.56 Å². The van der Waals surface area contributed by atoms with Crippen molar-refractivity contribution in [3.05, 3.63) is 70.6 Å². The molecule has 3 heterocycles. The van der Waals surface area contributed by atoms with Gasteiger partial charge in [0, 0.05) is 36.2 Å². The van der Waals surface area contributed by atoms with Gasteiger partial charge < -0.3 is 14.5 Å². The van der Waals surface area contributed by atoms with E-state index in [1.807, 2.05) is 42.2 Å². The lowest BCUT2D eigenvalue weighted by molar-refractivity contribution is -0.133. The summed E-state index contributed by atoms with van der Waals surface area (Å²) < 4.78 is 7.43. The van der Waals surface area contributed by atoms with E-state index in [1.54, 1.807) is 29.3 Å². The molecular weight excluding hydrogens is 475 g/mol. The van der Waals surface area contributed by atoms with Crippen LogP contribution in [0, 0.1) is 6.92 Å². The number of carbonyl (C=O) groups excluding carboxylic acids is 1. The lowest BCUT2D eigenvalue weighted by atomic mass is 10.2. The predicted molar refractivity (Wildman–Crippen MR) is 132 cm³/mol. The van der Waals surface area contributed by atoms with Crippen LogP contribution < -0.4 is 9.64 Å². The van der Waals surface area contributed by atoms with Crippen molar-refractivity contribution in [3.63, 3.8) is 0 Å². The molecule has 8 nitrogen and oxygen atoms in total. The Kier molecular flexibility index (Phi) is 6.26. The van der Waals surface area contributed by atoms with Crippen LogP contribution in [0.15, 0.2) is 55.0 Å². The number of ether oxygens (including phenoxy) is 1. The van der Waals surface area contributed by atoms with Gasteiger partial charge in [-0.3, -0.25) is 4.79 Å². The average Bonchev–Trinajstić information content (AvgIpc) is 3.29. The van der Waals surface area contributed by atoms with Crippen molar-refractivity contribution in [1.29, 1.82) is 0 Å². The molecule has 2 aromatic carbocycles. The number of rotatable bonds is 5. The number of hydrogen-bond acceptors (Lipinski definition) is 6. The Morgan fingerprint density at radius 3 is 2.65 bits per heavy atom. The zero-order valence-electron chi connectivity index (χ0n) is 18.5. The van der Waals surface area contributed by atoms with E-state index in [2.05, 4.69) is 20.0 Å². The molecule has 1 amide bonds. The largest absolute Gasteiger partial charge is 0.484 e. The minimum absolute atomic E-state index is 0.00870. The van der Waals surface area contributed by atoms with Gasteiger partial charge in [-0.15, -0.1) is 0 Å². The van der Waals surface area contributed by atoms with Gasteiger partial charge in [0.05, 0.1) is 17.3 Å². The Labute approximate surface area is 206 Å². The molecule has 0 atom stereocenters. The van der Waals surface area contributed by atoms with Crippen LogP contribution in [0.5, 0.6) is 5.75 Å². The van der Waals surface area contributed by atoms with Crippen LogP contribution in [-0.4, -0.2) is 63.3 Å². The molecule has 0 aliphatic carbocycles. The molecule has 0 spiro atoms. The second-order valence-electron chi connectivity index (χ2n) is 8.04. The van der Waals surface area contributed by atoms with Crippen molar-refractivity contribution < 1.29 is 9.53 Å². The van der Waals surface area contributed by atoms with Gasteiger partial charge in [-0.05, 0) is 48.9 Å². The predicted octanol–water partition coefficient (Wildman–Crippen LogP) is 4.16. The Bertz CT molecular complexity index is 1350. The Morgan fingerprint density at radius 2 is 1.88 bits per heavy atom. The van der Waals surface area contributed by atoms with Crippen LogP contribution in [0.25, 0.3) is 16.7 Å². The lowest BCUT2D eigenvalue weighted by Crippen LogP contribution is -2.50. The van der Waals surface area contributed by atoms with Crippen LogP contribution in [-0.2, 0) is 4.79 Å². The number of halogens is 2. The summed E-state index contributed by atoms with van der Waals surface area (Å²) in [4.78, 5) is 25.6. The maximum absolute atomic E-state index is 12.7. The van der Waals surface area contributed by atoms with E-state index >= 15 is 0 Å². The molecular formula is C24H22Cl2N6O2. The first-order valence-corrected chi connectivity index (χ1v) is 11.6. The molecule has 2 aromatic heterocycles. The third-order valence-electron chi connectivity index (χ3n) is 5.82. The molecule has 34 heavy (non-hydrogen) atoms. The van der Waals surface area contributed by atoms with Gasteiger partial charge in [-0.2, -0.15) is 5.10 Å². The summed E-state index contributed by atoms with van der Waals surface area (Å²) in [6, 6.07) is 12.8. The number of nitrogens with zero attached hydrogens (tertiary/aromatic N) is 6. The first-order valence-electron chi connectivity index (χ1n) is 10.9. The molecule has 174 valence electrons. The zero-order chi connectivity index (χ0) is 23.7. The summed E-state index contributed by atoms with van der Waals surface area (Å²) in [6.45, 7) is 4.36. The van der Waals surface area contributed by atoms with Crippen LogP contribution in [0.4, 0.5) is 5.82 Å². The molecule has 1 aliphatic rings. The highest BCUT2D eigenvalue weighted by atomic mass is 35.5. The molecule has 0 bridgehead atoms. The van der Waals surface area contributed by atoms with Gasteiger partial charge in [0.2, 0.25) is 0 Å². The Hall–Kier alpha value is -3.36. The SMILES string of the molecule is Cc1cc(OCC(=O)N2CCN(c3ncnc4c3cnn4-c3cccc(Cl)c3)CC2)ccc1Cl. The smallest absolute Gasteiger partial charge is 0.260 e. The van der Waals surface area contributed by atoms with Gasteiger partial charge in [0.15, 0.2) is 12.3 Å². The standard InChI is InChI=1S/C24H22Cl2N6O2/c1-16-11-19(5-6-21(16)26)34-14-22(33)30-7-9-31(10-8-30)23-20-13-29-32(24(20)28-15-27-23)18-4-2-3-17(25)12-18/h2-6,11-13,15H,7-10,14H2,1H3. The highest BCUT2D eigenvalue weighted by molar-refractivity contribution is 6.31. The Balaban J connectivity index is 1.25. The molecule has 0 N–H and O–H groups in total. The summed E-state index contributed by atoms with van der Waals surface area (Å²) >= 11 is 12.2. The minimum atomic E-state index is -0.0473. The first kappa shape index (κ1) is 22.4. The van der Waals surface area contributed by atoms with E-state index in [9.17, 15) is 4.79 Å². The number of benzene rings is 2. The fraction of sp³-hybridized carbons (Fsp3) is 0.250. The summed E-state index contributed by atoms with van der Waals surface area (Å²) in [6.07, 6.45) is 3.31. The van der Waals surface area contributed by atoms with E-state index in [-0.39, 0.29) is 12.5 Å². The highest BCUT2D eigenvalue weighted by Crippen LogP contribution is 2.26. The first-order chi connectivity index (χ1) is 16.5. The molecule has 0 radical (unpaired) electrons. The lowest BCUT2D eigenvalue weighted by Gasteiger charge is -2.35. The van der Waals surface area contributed by atoms with Crippen molar-refractivity contribution in [2.45, 2.75) is 6.92 Å². The number of hydrogen-bond donors (Lipinski definition) is 0. The van der Waals surface area contributed by atoms with Crippen LogP contribution >= 0.6 is 23.2 Å². The quantitative estimate of drug-likeness (QED) is 0.412. The third-order valence-corrected chi connectivity index (χ3v) is 6.48. The molecule has 10 heteroatoms. The van der Waals surface area contributed by atoms with Gasteiger partial charge in [0.1, 0.15) is 17.9 Å². The maximum atomic E-state index is 12.7. The van der Waals surface area contributed by atoms with Gasteiger partial charge in [-0.25, -0.2) is 14.6 Å². The van der Waals surface area contributed by atoms with E-state index in [0.29, 0.717) is 47.6 Å². The van der Waals surface area contributed by atoms with Gasteiger partial charge in [0.25, 0.3) is 5.91 Å². The topological polar surface area (TPSA) is 76.4 Å².